The van der Waals surface area contributed by atoms with Crippen LogP contribution in [0.15, 0.2) is 15.9 Å². The summed E-state index contributed by atoms with van der Waals surface area (Å²) in [4.78, 5) is 14.5. The lowest BCUT2D eigenvalue weighted by molar-refractivity contribution is -0.132. The average Bonchev–Trinajstić information content (AvgIpc) is 2.63. The third-order valence-corrected chi connectivity index (χ3v) is 3.74. The van der Waals surface area contributed by atoms with Crippen LogP contribution in [-0.2, 0) is 16.1 Å². The number of halogens is 1. The first-order valence-corrected chi connectivity index (χ1v) is 6.44. The number of carbonyl (C=O) groups is 1. The van der Waals surface area contributed by atoms with Crippen molar-refractivity contribution in [3.05, 3.63) is 20.8 Å². The minimum absolute atomic E-state index is 0.105. The monoisotopic (exact) mass is 306 g/mol. The maximum atomic E-state index is 11.8. The Labute approximate surface area is 108 Å². The standard InChI is InChI=1S/C10H15BrN2O2S/c1-13(10(14)9(12)5-15-2)4-8-3-7(11)6-16-8/h3,6,9H,4-5,12H2,1-2H3. The van der Waals surface area contributed by atoms with Gasteiger partial charge in [0, 0.05) is 28.9 Å². The van der Waals surface area contributed by atoms with Crippen LogP contribution >= 0.6 is 27.3 Å². The Morgan fingerprint density at radius 2 is 2.44 bits per heavy atom. The number of rotatable bonds is 5. The molecule has 1 rings (SSSR count). The Morgan fingerprint density at radius 1 is 1.75 bits per heavy atom. The van der Waals surface area contributed by atoms with Crippen molar-refractivity contribution in [2.75, 3.05) is 20.8 Å². The number of thiophene rings is 1. The van der Waals surface area contributed by atoms with E-state index < -0.39 is 6.04 Å². The van der Waals surface area contributed by atoms with E-state index >= 15 is 0 Å². The molecule has 0 saturated heterocycles. The fourth-order valence-electron chi connectivity index (χ4n) is 1.28. The van der Waals surface area contributed by atoms with Crippen LogP contribution < -0.4 is 5.73 Å². The minimum atomic E-state index is -0.585. The molecule has 4 nitrogen and oxygen atoms in total. The number of hydrogen-bond acceptors (Lipinski definition) is 4. The van der Waals surface area contributed by atoms with E-state index in [0.717, 1.165) is 9.35 Å². The summed E-state index contributed by atoms with van der Waals surface area (Å²) in [6.07, 6.45) is 0. The van der Waals surface area contributed by atoms with E-state index in [9.17, 15) is 4.79 Å². The maximum Gasteiger partial charge on any atom is 0.241 e. The molecule has 0 spiro atoms. The topological polar surface area (TPSA) is 55.6 Å². The average molecular weight is 307 g/mol. The van der Waals surface area contributed by atoms with Gasteiger partial charge in [0.25, 0.3) is 0 Å². The molecule has 1 aromatic heterocycles. The van der Waals surface area contributed by atoms with Gasteiger partial charge >= 0.3 is 0 Å². The molecule has 1 heterocycles. The number of carbonyl (C=O) groups excluding carboxylic acids is 1. The van der Waals surface area contributed by atoms with Gasteiger partial charge < -0.3 is 15.4 Å². The molecule has 2 N–H and O–H groups in total. The maximum absolute atomic E-state index is 11.8. The molecule has 0 aliphatic carbocycles. The Bertz CT molecular complexity index is 356. The summed E-state index contributed by atoms with van der Waals surface area (Å²) in [6.45, 7) is 0.823. The van der Waals surface area contributed by atoms with Gasteiger partial charge in [-0.1, -0.05) is 0 Å². The number of likely N-dealkylation sites (N-methyl/N-ethyl adjacent to an activating group) is 1. The van der Waals surface area contributed by atoms with E-state index in [0.29, 0.717) is 6.54 Å². The molecule has 0 aromatic carbocycles. The van der Waals surface area contributed by atoms with Crippen molar-refractivity contribution in [1.82, 2.24) is 4.90 Å². The molecule has 0 aliphatic rings. The SMILES string of the molecule is COCC(N)C(=O)N(C)Cc1cc(Br)cs1. The van der Waals surface area contributed by atoms with Crippen LogP contribution in [0.5, 0.6) is 0 Å². The summed E-state index contributed by atoms with van der Waals surface area (Å²) in [7, 11) is 3.27. The lowest BCUT2D eigenvalue weighted by Crippen LogP contribution is -2.43. The Morgan fingerprint density at radius 3 is 2.94 bits per heavy atom. The lowest BCUT2D eigenvalue weighted by Gasteiger charge is -2.20. The molecule has 0 aliphatic heterocycles. The zero-order valence-electron chi connectivity index (χ0n) is 9.27. The quantitative estimate of drug-likeness (QED) is 0.895. The van der Waals surface area contributed by atoms with Crippen molar-refractivity contribution in [1.29, 1.82) is 0 Å². The van der Waals surface area contributed by atoms with E-state index in [4.69, 9.17) is 10.5 Å². The summed E-state index contributed by atoms with van der Waals surface area (Å²) < 4.78 is 5.89. The highest BCUT2D eigenvalue weighted by Gasteiger charge is 2.18. The first-order chi connectivity index (χ1) is 7.54. The van der Waals surface area contributed by atoms with Gasteiger partial charge in [0.15, 0.2) is 0 Å². The van der Waals surface area contributed by atoms with Gasteiger partial charge in [-0.05, 0) is 22.0 Å². The zero-order valence-corrected chi connectivity index (χ0v) is 11.7. The van der Waals surface area contributed by atoms with E-state index in [-0.39, 0.29) is 12.5 Å². The molecular formula is C10H15BrN2O2S. The first-order valence-electron chi connectivity index (χ1n) is 4.77. The molecule has 1 unspecified atom stereocenters. The van der Waals surface area contributed by atoms with Crippen LogP contribution in [0.3, 0.4) is 0 Å². The molecule has 90 valence electrons. The van der Waals surface area contributed by atoms with Gasteiger partial charge in [-0.3, -0.25) is 4.79 Å². The molecule has 6 heteroatoms. The molecule has 16 heavy (non-hydrogen) atoms. The van der Waals surface area contributed by atoms with Crippen molar-refractivity contribution in [3.63, 3.8) is 0 Å². The predicted molar refractivity (Wildman–Crippen MR) is 68.3 cm³/mol. The second kappa shape index (κ2) is 6.34. The molecule has 0 bridgehead atoms. The smallest absolute Gasteiger partial charge is 0.241 e. The molecule has 1 amide bonds. The number of methoxy groups -OCH3 is 1. The Kier molecular flexibility index (Phi) is 5.40. The largest absolute Gasteiger partial charge is 0.383 e. The molecule has 1 aromatic rings. The van der Waals surface area contributed by atoms with Crippen molar-refractivity contribution in [2.24, 2.45) is 5.73 Å². The number of amides is 1. The molecule has 0 fully saturated rings. The molecule has 0 radical (unpaired) electrons. The molecular weight excluding hydrogens is 292 g/mol. The van der Waals surface area contributed by atoms with Crippen molar-refractivity contribution in [2.45, 2.75) is 12.6 Å². The summed E-state index contributed by atoms with van der Waals surface area (Å²) in [5.74, 6) is -0.105. The fourth-order valence-corrected chi connectivity index (χ4v) is 2.79. The highest BCUT2D eigenvalue weighted by Crippen LogP contribution is 2.20. The number of ether oxygens (including phenoxy) is 1. The van der Waals surface area contributed by atoms with Gasteiger partial charge in [0.05, 0.1) is 13.2 Å². The molecule has 0 saturated carbocycles. The van der Waals surface area contributed by atoms with Crippen LogP contribution in [0.4, 0.5) is 0 Å². The van der Waals surface area contributed by atoms with Gasteiger partial charge in [-0.2, -0.15) is 0 Å². The van der Waals surface area contributed by atoms with Gasteiger partial charge in [0.2, 0.25) is 5.91 Å². The summed E-state index contributed by atoms with van der Waals surface area (Å²) in [6, 6.07) is 1.41. The van der Waals surface area contributed by atoms with Crippen LogP contribution in [0.25, 0.3) is 0 Å². The first kappa shape index (κ1) is 13.6. The van der Waals surface area contributed by atoms with E-state index in [1.165, 1.54) is 7.11 Å². The van der Waals surface area contributed by atoms with Crippen LogP contribution in [0, 0.1) is 0 Å². The summed E-state index contributed by atoms with van der Waals surface area (Å²) in [5.41, 5.74) is 5.67. The van der Waals surface area contributed by atoms with Gasteiger partial charge in [0.1, 0.15) is 6.04 Å². The van der Waals surface area contributed by atoms with Crippen LogP contribution in [0.1, 0.15) is 4.88 Å². The summed E-state index contributed by atoms with van der Waals surface area (Å²) in [5, 5.41) is 1.99. The Hall–Kier alpha value is -0.430. The van der Waals surface area contributed by atoms with Crippen molar-refractivity contribution >= 4 is 33.2 Å². The van der Waals surface area contributed by atoms with E-state index in [1.54, 1.807) is 23.3 Å². The third kappa shape index (κ3) is 3.86. The second-order valence-corrected chi connectivity index (χ2v) is 5.40. The Balaban J connectivity index is 2.51. The second-order valence-electron chi connectivity index (χ2n) is 3.49. The fraction of sp³-hybridized carbons (Fsp3) is 0.500. The normalized spacial score (nSPS) is 12.5. The number of nitrogens with zero attached hydrogens (tertiary/aromatic N) is 1. The van der Waals surface area contributed by atoms with Crippen LogP contribution in [0.2, 0.25) is 0 Å². The van der Waals surface area contributed by atoms with E-state index in [2.05, 4.69) is 15.9 Å². The lowest BCUT2D eigenvalue weighted by atomic mass is 10.3. The number of nitrogens with two attached hydrogens (primary N) is 1. The number of hydrogen-bond donors (Lipinski definition) is 1. The third-order valence-electron chi connectivity index (χ3n) is 2.05. The summed E-state index contributed by atoms with van der Waals surface area (Å²) >= 11 is 4.98. The van der Waals surface area contributed by atoms with E-state index in [1.807, 2.05) is 11.4 Å². The van der Waals surface area contributed by atoms with Crippen molar-refractivity contribution in [3.8, 4) is 0 Å². The highest BCUT2D eigenvalue weighted by molar-refractivity contribution is 9.10. The minimum Gasteiger partial charge on any atom is -0.383 e. The van der Waals surface area contributed by atoms with Gasteiger partial charge in [-0.15, -0.1) is 11.3 Å². The predicted octanol–water partition coefficient (Wildman–Crippen LogP) is 1.44. The highest BCUT2D eigenvalue weighted by atomic mass is 79.9. The van der Waals surface area contributed by atoms with Gasteiger partial charge in [-0.25, -0.2) is 0 Å². The zero-order chi connectivity index (χ0) is 12.1. The molecule has 1 atom stereocenters. The van der Waals surface area contributed by atoms with Crippen LogP contribution in [-0.4, -0.2) is 37.6 Å². The van der Waals surface area contributed by atoms with Crippen molar-refractivity contribution < 1.29 is 9.53 Å².